The number of pyridine rings is 2. The molecule has 23 heavy (non-hydrogen) atoms. The number of rotatable bonds is 2. The monoisotopic (exact) mass is 318 g/mol. The minimum absolute atomic E-state index is 0.0897. The molecule has 3 rings (SSSR count). The summed E-state index contributed by atoms with van der Waals surface area (Å²) in [6.07, 6.45) is 0. The lowest BCUT2D eigenvalue weighted by atomic mass is 9.98. The van der Waals surface area contributed by atoms with Crippen LogP contribution in [0, 0.1) is 30.7 Å². The molecule has 0 N–H and O–H groups in total. The van der Waals surface area contributed by atoms with E-state index in [0.717, 1.165) is 17.7 Å². The summed E-state index contributed by atoms with van der Waals surface area (Å²) >= 11 is 0. The van der Waals surface area contributed by atoms with Gasteiger partial charge in [0.25, 0.3) is 0 Å². The van der Waals surface area contributed by atoms with Gasteiger partial charge in [0.05, 0.1) is 0 Å². The molecule has 0 radical (unpaired) electrons. The van der Waals surface area contributed by atoms with Crippen LogP contribution < -0.4 is 0 Å². The molecule has 0 atom stereocenters. The van der Waals surface area contributed by atoms with Gasteiger partial charge >= 0.3 is 0 Å². The molecule has 0 saturated heterocycles. The highest BCUT2D eigenvalue weighted by molar-refractivity contribution is 5.73. The molecule has 0 bridgehead atoms. The number of aromatic nitrogens is 2. The first-order valence-corrected chi connectivity index (χ1v) is 6.70. The van der Waals surface area contributed by atoms with Crippen LogP contribution in [0.2, 0.25) is 0 Å². The first-order valence-electron chi connectivity index (χ1n) is 6.70. The smallest absolute Gasteiger partial charge is 0.190 e. The molecule has 6 heteroatoms. The Bertz CT molecular complexity index is 824. The van der Waals surface area contributed by atoms with Crippen LogP contribution in [-0.4, -0.2) is 9.97 Å². The second-order valence-corrected chi connectivity index (χ2v) is 5.03. The molecule has 0 aliphatic heterocycles. The second-order valence-electron chi connectivity index (χ2n) is 5.03. The third kappa shape index (κ3) is 3.06. The van der Waals surface area contributed by atoms with E-state index in [1.807, 2.05) is 0 Å². The van der Waals surface area contributed by atoms with Crippen LogP contribution in [0.4, 0.5) is 17.6 Å². The number of hydrogen-bond donors (Lipinski definition) is 0. The largest absolute Gasteiger partial charge is 0.223 e. The lowest BCUT2D eigenvalue weighted by molar-refractivity contribution is 0.515. The Morgan fingerprint density at radius 2 is 1.09 bits per heavy atom. The predicted octanol–water partition coefficient (Wildman–Crippen LogP) is 4.68. The highest BCUT2D eigenvalue weighted by atomic mass is 19.1. The SMILES string of the molecule is Cc1cc(-c2ccc(F)nc2F)cc(-c2ccc(F)nc2F)c1. The fraction of sp³-hybridized carbons (Fsp3) is 0.0588. The lowest BCUT2D eigenvalue weighted by Gasteiger charge is -2.09. The van der Waals surface area contributed by atoms with Crippen LogP contribution in [0.5, 0.6) is 0 Å². The van der Waals surface area contributed by atoms with Crippen LogP contribution in [0.3, 0.4) is 0 Å². The zero-order valence-corrected chi connectivity index (χ0v) is 11.9. The predicted molar refractivity (Wildman–Crippen MR) is 77.5 cm³/mol. The minimum Gasteiger partial charge on any atom is -0.190 e. The van der Waals surface area contributed by atoms with Crippen LogP contribution in [0.25, 0.3) is 22.3 Å². The maximum Gasteiger partial charge on any atom is 0.223 e. The normalized spacial score (nSPS) is 10.8. The Kier molecular flexibility index (Phi) is 3.82. The van der Waals surface area contributed by atoms with Crippen LogP contribution >= 0.6 is 0 Å². The van der Waals surface area contributed by atoms with Gasteiger partial charge in [0.15, 0.2) is 0 Å². The molecule has 3 aromatic rings. The van der Waals surface area contributed by atoms with Crippen molar-refractivity contribution in [2.45, 2.75) is 6.92 Å². The molecule has 116 valence electrons. The van der Waals surface area contributed by atoms with E-state index < -0.39 is 23.8 Å². The first kappa shape index (κ1) is 15.1. The van der Waals surface area contributed by atoms with E-state index in [2.05, 4.69) is 9.97 Å². The second kappa shape index (κ2) is 5.79. The molecule has 0 saturated carbocycles. The molecule has 2 heterocycles. The van der Waals surface area contributed by atoms with Gasteiger partial charge < -0.3 is 0 Å². The molecule has 0 aliphatic rings. The standard InChI is InChI=1S/C17H10F4N2/c1-9-6-10(12-2-4-14(18)22-16(12)20)8-11(7-9)13-3-5-15(19)23-17(13)21/h2-8H,1H3. The Morgan fingerprint density at radius 1 is 0.652 bits per heavy atom. The van der Waals surface area contributed by atoms with Gasteiger partial charge in [-0.2, -0.15) is 27.5 Å². The van der Waals surface area contributed by atoms with Gasteiger partial charge in [0.1, 0.15) is 0 Å². The van der Waals surface area contributed by atoms with Gasteiger partial charge in [-0.25, -0.2) is 0 Å². The van der Waals surface area contributed by atoms with E-state index in [4.69, 9.17) is 0 Å². The fourth-order valence-electron chi connectivity index (χ4n) is 2.35. The van der Waals surface area contributed by atoms with E-state index in [1.54, 1.807) is 19.1 Å². The van der Waals surface area contributed by atoms with Crippen molar-refractivity contribution in [1.82, 2.24) is 9.97 Å². The molecule has 0 fully saturated rings. The summed E-state index contributed by atoms with van der Waals surface area (Å²) in [5.41, 5.74) is 1.73. The number of aryl methyl sites for hydroxylation is 1. The maximum atomic E-state index is 13.8. The highest BCUT2D eigenvalue weighted by Crippen LogP contribution is 2.30. The Morgan fingerprint density at radius 3 is 1.48 bits per heavy atom. The van der Waals surface area contributed by atoms with E-state index in [-0.39, 0.29) is 11.1 Å². The highest BCUT2D eigenvalue weighted by Gasteiger charge is 2.13. The van der Waals surface area contributed by atoms with Gasteiger partial charge in [-0.1, -0.05) is 12.1 Å². The lowest BCUT2D eigenvalue weighted by Crippen LogP contribution is -1.95. The first-order chi connectivity index (χ1) is 10.9. The molecule has 0 amide bonds. The van der Waals surface area contributed by atoms with Crippen molar-refractivity contribution >= 4 is 0 Å². The molecule has 1 aromatic carbocycles. The van der Waals surface area contributed by atoms with Crippen LogP contribution in [0.15, 0.2) is 42.5 Å². The summed E-state index contributed by atoms with van der Waals surface area (Å²) in [6.45, 7) is 1.75. The quantitative estimate of drug-likeness (QED) is 0.507. The van der Waals surface area contributed by atoms with E-state index >= 15 is 0 Å². The fourth-order valence-corrected chi connectivity index (χ4v) is 2.35. The van der Waals surface area contributed by atoms with Gasteiger partial charge in [0.2, 0.25) is 23.8 Å². The van der Waals surface area contributed by atoms with Crippen molar-refractivity contribution in [1.29, 1.82) is 0 Å². The third-order valence-electron chi connectivity index (χ3n) is 3.33. The molecule has 2 aromatic heterocycles. The Balaban J connectivity index is 2.16. The molecule has 0 aliphatic carbocycles. The van der Waals surface area contributed by atoms with Crippen molar-refractivity contribution < 1.29 is 17.6 Å². The molecule has 2 nitrogen and oxygen atoms in total. The number of halogens is 4. The van der Waals surface area contributed by atoms with E-state index in [0.29, 0.717) is 11.1 Å². The van der Waals surface area contributed by atoms with Gasteiger partial charge in [0, 0.05) is 11.1 Å². The van der Waals surface area contributed by atoms with Crippen LogP contribution in [0.1, 0.15) is 5.56 Å². The van der Waals surface area contributed by atoms with Crippen molar-refractivity contribution in [2.24, 2.45) is 0 Å². The Hall–Kier alpha value is -2.76. The zero-order valence-electron chi connectivity index (χ0n) is 11.9. The van der Waals surface area contributed by atoms with Crippen molar-refractivity contribution in [3.63, 3.8) is 0 Å². The van der Waals surface area contributed by atoms with Crippen molar-refractivity contribution in [2.75, 3.05) is 0 Å². The van der Waals surface area contributed by atoms with E-state index in [1.165, 1.54) is 18.2 Å². The zero-order chi connectivity index (χ0) is 16.6. The number of hydrogen-bond acceptors (Lipinski definition) is 2. The average Bonchev–Trinajstić information content (AvgIpc) is 2.46. The number of benzene rings is 1. The van der Waals surface area contributed by atoms with Crippen LogP contribution in [-0.2, 0) is 0 Å². The molecule has 0 unspecified atom stereocenters. The van der Waals surface area contributed by atoms with E-state index in [9.17, 15) is 17.6 Å². The van der Waals surface area contributed by atoms with Gasteiger partial charge in [-0.15, -0.1) is 0 Å². The van der Waals surface area contributed by atoms with Gasteiger partial charge in [-0.3, -0.25) is 0 Å². The summed E-state index contributed by atoms with van der Waals surface area (Å²) in [4.78, 5) is 6.28. The van der Waals surface area contributed by atoms with Crippen molar-refractivity contribution in [3.05, 3.63) is 71.8 Å². The summed E-state index contributed by atoms with van der Waals surface area (Å²) in [5.74, 6) is -3.76. The maximum absolute atomic E-state index is 13.8. The third-order valence-corrected chi connectivity index (χ3v) is 3.33. The average molecular weight is 318 g/mol. The minimum atomic E-state index is -0.959. The summed E-state index contributed by atoms with van der Waals surface area (Å²) in [7, 11) is 0. The Labute approximate surface area is 129 Å². The molecular weight excluding hydrogens is 308 g/mol. The van der Waals surface area contributed by atoms with Gasteiger partial charge in [-0.05, 0) is 53.9 Å². The summed E-state index contributed by atoms with van der Waals surface area (Å²) < 4.78 is 53.6. The number of nitrogens with zero attached hydrogens (tertiary/aromatic N) is 2. The molecule has 0 spiro atoms. The summed E-state index contributed by atoms with van der Waals surface area (Å²) in [5, 5.41) is 0. The topological polar surface area (TPSA) is 25.8 Å². The molecular formula is C17H10F4N2. The summed E-state index contributed by atoms with van der Waals surface area (Å²) in [6, 6.07) is 9.45. The van der Waals surface area contributed by atoms with Crippen molar-refractivity contribution in [3.8, 4) is 22.3 Å².